The molecule has 0 radical (unpaired) electrons. The van der Waals surface area contributed by atoms with Crippen LogP contribution in [0.25, 0.3) is 0 Å². The minimum atomic E-state index is 0.455. The molecule has 0 amide bonds. The smallest absolute Gasteiger partial charge is 0.123 e. The SMILES string of the molecule is C=C(C)/C=C(/COCC#CC)C1=C(C)CCO1. The molecule has 0 aromatic carbocycles. The Balaban J connectivity index is 2.70. The van der Waals surface area contributed by atoms with Crippen LogP contribution in [0.1, 0.15) is 27.2 Å². The summed E-state index contributed by atoms with van der Waals surface area (Å²) in [6.07, 6.45) is 3.02. The van der Waals surface area contributed by atoms with E-state index in [1.807, 2.05) is 13.0 Å². The average Bonchev–Trinajstić information content (AvgIpc) is 2.68. The summed E-state index contributed by atoms with van der Waals surface area (Å²) in [6, 6.07) is 0. The zero-order chi connectivity index (χ0) is 12.7. The van der Waals surface area contributed by atoms with E-state index in [1.54, 1.807) is 6.92 Å². The zero-order valence-corrected chi connectivity index (χ0v) is 10.9. The van der Waals surface area contributed by atoms with Crippen LogP contribution in [0.15, 0.2) is 35.1 Å². The molecule has 0 atom stereocenters. The molecular formula is C15H20O2. The molecular weight excluding hydrogens is 212 g/mol. The number of rotatable bonds is 5. The first-order valence-electron chi connectivity index (χ1n) is 5.81. The Bertz CT molecular complexity index is 402. The summed E-state index contributed by atoms with van der Waals surface area (Å²) in [5.41, 5.74) is 3.34. The van der Waals surface area contributed by atoms with Gasteiger partial charge in [-0.25, -0.2) is 0 Å². The molecule has 0 N–H and O–H groups in total. The van der Waals surface area contributed by atoms with Crippen molar-refractivity contribution in [2.75, 3.05) is 19.8 Å². The molecule has 1 rings (SSSR count). The summed E-state index contributed by atoms with van der Waals surface area (Å²) in [6.45, 7) is 11.5. The third kappa shape index (κ3) is 4.50. The maximum Gasteiger partial charge on any atom is 0.123 e. The van der Waals surface area contributed by atoms with E-state index in [0.29, 0.717) is 13.2 Å². The standard InChI is InChI=1S/C15H20O2/c1-5-6-8-16-11-14(10-12(2)3)15-13(4)7-9-17-15/h10H,2,7-9,11H2,1,3-4H3/b14-10-. The summed E-state index contributed by atoms with van der Waals surface area (Å²) in [5, 5.41) is 0. The lowest BCUT2D eigenvalue weighted by atomic mass is 10.1. The lowest BCUT2D eigenvalue weighted by Gasteiger charge is -2.10. The molecule has 92 valence electrons. The van der Waals surface area contributed by atoms with Crippen molar-refractivity contribution in [3.05, 3.63) is 35.1 Å². The van der Waals surface area contributed by atoms with Gasteiger partial charge in [0.05, 0.1) is 13.2 Å². The van der Waals surface area contributed by atoms with Crippen molar-refractivity contribution in [2.45, 2.75) is 27.2 Å². The van der Waals surface area contributed by atoms with E-state index in [4.69, 9.17) is 9.47 Å². The van der Waals surface area contributed by atoms with Gasteiger partial charge in [-0.1, -0.05) is 24.1 Å². The van der Waals surface area contributed by atoms with Crippen LogP contribution in [-0.4, -0.2) is 19.8 Å². The molecule has 0 bridgehead atoms. The molecule has 17 heavy (non-hydrogen) atoms. The van der Waals surface area contributed by atoms with E-state index >= 15 is 0 Å². The van der Waals surface area contributed by atoms with Gasteiger partial charge in [0.2, 0.25) is 0 Å². The molecule has 0 fully saturated rings. The summed E-state index contributed by atoms with van der Waals surface area (Å²) in [4.78, 5) is 0. The molecule has 0 aromatic rings. The van der Waals surface area contributed by atoms with Crippen LogP contribution in [0.5, 0.6) is 0 Å². The van der Waals surface area contributed by atoms with Gasteiger partial charge in [0.1, 0.15) is 12.4 Å². The fraction of sp³-hybridized carbons (Fsp3) is 0.467. The summed E-state index contributed by atoms with van der Waals surface area (Å²) >= 11 is 0. The molecule has 1 heterocycles. The maximum absolute atomic E-state index is 5.64. The average molecular weight is 232 g/mol. The van der Waals surface area contributed by atoms with Crippen molar-refractivity contribution in [3.8, 4) is 11.8 Å². The third-order valence-corrected chi connectivity index (χ3v) is 2.43. The monoisotopic (exact) mass is 232 g/mol. The molecule has 0 saturated carbocycles. The van der Waals surface area contributed by atoms with Gasteiger partial charge in [-0.05, 0) is 26.3 Å². The predicted octanol–water partition coefficient (Wildman–Crippen LogP) is 3.22. The van der Waals surface area contributed by atoms with Crippen molar-refractivity contribution < 1.29 is 9.47 Å². The van der Waals surface area contributed by atoms with Crippen LogP contribution >= 0.6 is 0 Å². The van der Waals surface area contributed by atoms with E-state index < -0.39 is 0 Å². The van der Waals surface area contributed by atoms with Crippen LogP contribution in [0, 0.1) is 11.8 Å². The first kappa shape index (κ1) is 13.6. The van der Waals surface area contributed by atoms with Gasteiger partial charge in [0.25, 0.3) is 0 Å². The minimum absolute atomic E-state index is 0.455. The van der Waals surface area contributed by atoms with Crippen LogP contribution in [0.3, 0.4) is 0 Å². The highest BCUT2D eigenvalue weighted by Crippen LogP contribution is 2.26. The lowest BCUT2D eigenvalue weighted by molar-refractivity contribution is 0.179. The van der Waals surface area contributed by atoms with E-state index in [1.165, 1.54) is 5.57 Å². The van der Waals surface area contributed by atoms with Crippen molar-refractivity contribution in [3.63, 3.8) is 0 Å². The second kappa shape index (κ2) is 6.98. The largest absolute Gasteiger partial charge is 0.493 e. The minimum Gasteiger partial charge on any atom is -0.493 e. The summed E-state index contributed by atoms with van der Waals surface area (Å²) in [5.74, 6) is 6.66. The Labute approximate surface area is 104 Å². The van der Waals surface area contributed by atoms with Crippen molar-refractivity contribution in [2.24, 2.45) is 0 Å². The van der Waals surface area contributed by atoms with E-state index in [-0.39, 0.29) is 0 Å². The molecule has 1 aliphatic rings. The Kier molecular flexibility index (Phi) is 5.59. The molecule has 1 aliphatic heterocycles. The first-order chi connectivity index (χ1) is 8.15. The molecule has 0 unspecified atom stereocenters. The fourth-order valence-electron chi connectivity index (χ4n) is 1.66. The number of ether oxygens (including phenoxy) is 2. The Morgan fingerprint density at radius 3 is 2.88 bits per heavy atom. The summed E-state index contributed by atoms with van der Waals surface area (Å²) in [7, 11) is 0. The normalized spacial score (nSPS) is 15.4. The van der Waals surface area contributed by atoms with E-state index in [0.717, 1.165) is 29.9 Å². The van der Waals surface area contributed by atoms with Crippen LogP contribution in [0.2, 0.25) is 0 Å². The lowest BCUT2D eigenvalue weighted by Crippen LogP contribution is -2.03. The molecule has 2 nitrogen and oxygen atoms in total. The van der Waals surface area contributed by atoms with Crippen LogP contribution in [0.4, 0.5) is 0 Å². The first-order valence-corrected chi connectivity index (χ1v) is 5.81. The Morgan fingerprint density at radius 1 is 1.59 bits per heavy atom. The van der Waals surface area contributed by atoms with E-state index in [2.05, 4.69) is 25.3 Å². The van der Waals surface area contributed by atoms with Gasteiger partial charge in [-0.3, -0.25) is 0 Å². The Morgan fingerprint density at radius 2 is 2.35 bits per heavy atom. The van der Waals surface area contributed by atoms with E-state index in [9.17, 15) is 0 Å². The zero-order valence-electron chi connectivity index (χ0n) is 10.9. The fourth-order valence-corrected chi connectivity index (χ4v) is 1.66. The Hall–Kier alpha value is -1.46. The van der Waals surface area contributed by atoms with Gasteiger partial charge >= 0.3 is 0 Å². The van der Waals surface area contributed by atoms with Crippen molar-refractivity contribution in [1.82, 2.24) is 0 Å². The molecule has 2 heteroatoms. The third-order valence-electron chi connectivity index (χ3n) is 2.43. The molecule has 0 spiro atoms. The maximum atomic E-state index is 5.64. The van der Waals surface area contributed by atoms with Gasteiger partial charge in [-0.15, -0.1) is 5.92 Å². The topological polar surface area (TPSA) is 18.5 Å². The van der Waals surface area contributed by atoms with Crippen molar-refractivity contribution >= 4 is 0 Å². The number of hydrogen-bond donors (Lipinski definition) is 0. The number of allylic oxidation sites excluding steroid dienone is 2. The molecule has 0 aromatic heterocycles. The van der Waals surface area contributed by atoms with Gasteiger partial charge in [0, 0.05) is 12.0 Å². The van der Waals surface area contributed by atoms with Gasteiger partial charge in [0.15, 0.2) is 0 Å². The van der Waals surface area contributed by atoms with Crippen LogP contribution < -0.4 is 0 Å². The molecule has 0 aliphatic carbocycles. The van der Waals surface area contributed by atoms with Gasteiger partial charge < -0.3 is 9.47 Å². The second-order valence-corrected chi connectivity index (χ2v) is 4.14. The highest BCUT2D eigenvalue weighted by Gasteiger charge is 2.16. The molecule has 0 saturated heterocycles. The second-order valence-electron chi connectivity index (χ2n) is 4.14. The predicted molar refractivity (Wildman–Crippen MR) is 70.4 cm³/mol. The summed E-state index contributed by atoms with van der Waals surface area (Å²) < 4.78 is 11.1. The van der Waals surface area contributed by atoms with Crippen LogP contribution in [-0.2, 0) is 9.47 Å². The quantitative estimate of drug-likeness (QED) is 0.411. The van der Waals surface area contributed by atoms with Gasteiger partial charge in [-0.2, -0.15) is 0 Å². The number of hydrogen-bond acceptors (Lipinski definition) is 2. The van der Waals surface area contributed by atoms with Crippen molar-refractivity contribution in [1.29, 1.82) is 0 Å². The highest BCUT2D eigenvalue weighted by molar-refractivity contribution is 5.37. The highest BCUT2D eigenvalue weighted by atomic mass is 16.5.